The molecule has 0 saturated heterocycles. The highest BCUT2D eigenvalue weighted by molar-refractivity contribution is 14.1. The molecule has 0 bridgehead atoms. The van der Waals surface area contributed by atoms with Gasteiger partial charge in [0.25, 0.3) is 0 Å². The van der Waals surface area contributed by atoms with Crippen LogP contribution in [0, 0.1) is 3.57 Å². The van der Waals surface area contributed by atoms with Crippen LogP contribution in [0.25, 0.3) is 22.2 Å². The first-order chi connectivity index (χ1) is 14.6. The molecule has 152 valence electrons. The Labute approximate surface area is 190 Å². The van der Waals surface area contributed by atoms with E-state index in [-0.39, 0.29) is 5.41 Å². The number of aromatic amines is 1. The molecule has 0 amide bonds. The van der Waals surface area contributed by atoms with Crippen molar-refractivity contribution < 1.29 is 0 Å². The molecule has 4 nitrogen and oxygen atoms in total. The van der Waals surface area contributed by atoms with Gasteiger partial charge in [-0.1, -0.05) is 48.5 Å². The average Bonchev–Trinajstić information content (AvgIpc) is 3.39. The first-order valence-corrected chi connectivity index (χ1v) is 11.5. The van der Waals surface area contributed by atoms with Crippen LogP contribution in [-0.4, -0.2) is 23.1 Å². The molecular formula is C25H25IN4. The molecule has 5 rings (SSSR count). The summed E-state index contributed by atoms with van der Waals surface area (Å²) in [6.07, 6.45) is 3.96. The van der Waals surface area contributed by atoms with Crippen molar-refractivity contribution in [3.8, 4) is 11.1 Å². The van der Waals surface area contributed by atoms with Crippen LogP contribution >= 0.6 is 22.6 Å². The number of H-pyrrole nitrogens is 1. The summed E-state index contributed by atoms with van der Waals surface area (Å²) >= 11 is 2.42. The molecule has 2 aromatic heterocycles. The smallest absolute Gasteiger partial charge is 0.142 e. The van der Waals surface area contributed by atoms with Crippen LogP contribution in [0.5, 0.6) is 0 Å². The number of hydrogen-bond donors (Lipinski definition) is 3. The Morgan fingerprint density at radius 1 is 1.10 bits per heavy atom. The van der Waals surface area contributed by atoms with Gasteiger partial charge in [-0.15, -0.1) is 0 Å². The number of nitrogens with zero attached hydrogens (tertiary/aromatic N) is 1. The Bertz CT molecular complexity index is 1200. The van der Waals surface area contributed by atoms with Crippen molar-refractivity contribution in [1.82, 2.24) is 9.97 Å². The fourth-order valence-electron chi connectivity index (χ4n) is 4.78. The summed E-state index contributed by atoms with van der Waals surface area (Å²) in [6, 6.07) is 19.8. The zero-order valence-electron chi connectivity index (χ0n) is 17.0. The molecular weight excluding hydrogens is 483 g/mol. The lowest BCUT2D eigenvalue weighted by molar-refractivity contribution is 0.464. The highest BCUT2D eigenvalue weighted by Crippen LogP contribution is 2.42. The Hall–Kier alpha value is -2.38. The summed E-state index contributed by atoms with van der Waals surface area (Å²) < 4.78 is 1.15. The highest BCUT2D eigenvalue weighted by Gasteiger charge is 2.37. The van der Waals surface area contributed by atoms with E-state index in [1.54, 1.807) is 0 Å². The van der Waals surface area contributed by atoms with Crippen molar-refractivity contribution in [1.29, 1.82) is 0 Å². The van der Waals surface area contributed by atoms with Gasteiger partial charge in [0.05, 0.1) is 3.57 Å². The summed E-state index contributed by atoms with van der Waals surface area (Å²) in [5, 5.41) is 4.56. The minimum absolute atomic E-state index is 0.0417. The van der Waals surface area contributed by atoms with Crippen LogP contribution in [0.15, 0.2) is 60.8 Å². The van der Waals surface area contributed by atoms with Crippen LogP contribution in [0.1, 0.15) is 23.6 Å². The molecule has 2 aromatic carbocycles. The second-order valence-electron chi connectivity index (χ2n) is 8.11. The van der Waals surface area contributed by atoms with E-state index >= 15 is 0 Å². The van der Waals surface area contributed by atoms with E-state index in [9.17, 15) is 0 Å². The van der Waals surface area contributed by atoms with Gasteiger partial charge in [-0.2, -0.15) is 0 Å². The molecule has 0 aliphatic heterocycles. The standard InChI is InChI=1S/C25H25IN4/c1-2-28-24-22(26)21(20-10-11-29-23(20)30-24)16-8-5-9-19(12-16)25(15-27)13-17-6-3-4-7-18(17)14-25/h3-12H,2,13-15,27H2,1H3,(H2,28,29,30). The first kappa shape index (κ1) is 19.6. The predicted molar refractivity (Wildman–Crippen MR) is 133 cm³/mol. The average molecular weight is 508 g/mol. The number of halogens is 1. The molecule has 0 saturated carbocycles. The topological polar surface area (TPSA) is 66.7 Å². The lowest BCUT2D eigenvalue weighted by atomic mass is 9.77. The van der Waals surface area contributed by atoms with E-state index in [0.717, 1.165) is 39.8 Å². The van der Waals surface area contributed by atoms with Crippen molar-refractivity contribution in [3.63, 3.8) is 0 Å². The van der Waals surface area contributed by atoms with Gasteiger partial charge in [0.15, 0.2) is 0 Å². The lowest BCUT2D eigenvalue weighted by Gasteiger charge is -2.28. The number of benzene rings is 2. The minimum Gasteiger partial charge on any atom is -0.369 e. The third kappa shape index (κ3) is 3.11. The number of rotatable bonds is 5. The fraction of sp³-hybridized carbons (Fsp3) is 0.240. The maximum Gasteiger partial charge on any atom is 0.142 e. The summed E-state index contributed by atoms with van der Waals surface area (Å²) in [5.41, 5.74) is 13.9. The van der Waals surface area contributed by atoms with E-state index in [2.05, 4.69) is 94.4 Å². The Morgan fingerprint density at radius 2 is 1.87 bits per heavy atom. The molecule has 4 aromatic rings. The predicted octanol–water partition coefficient (Wildman–Crippen LogP) is 5.26. The number of nitrogens with one attached hydrogen (secondary N) is 2. The monoisotopic (exact) mass is 508 g/mol. The van der Waals surface area contributed by atoms with Crippen molar-refractivity contribution in [2.45, 2.75) is 25.2 Å². The number of anilines is 1. The molecule has 5 heteroatoms. The summed E-state index contributed by atoms with van der Waals surface area (Å²) in [6.45, 7) is 3.57. The third-order valence-electron chi connectivity index (χ3n) is 6.32. The minimum atomic E-state index is -0.0417. The summed E-state index contributed by atoms with van der Waals surface area (Å²) in [7, 11) is 0. The van der Waals surface area contributed by atoms with Gasteiger partial charge >= 0.3 is 0 Å². The van der Waals surface area contributed by atoms with Crippen molar-refractivity contribution in [2.24, 2.45) is 5.73 Å². The van der Waals surface area contributed by atoms with E-state index < -0.39 is 0 Å². The maximum absolute atomic E-state index is 6.41. The van der Waals surface area contributed by atoms with E-state index in [1.165, 1.54) is 27.8 Å². The number of nitrogens with two attached hydrogens (primary N) is 1. The first-order valence-electron chi connectivity index (χ1n) is 10.4. The lowest BCUT2D eigenvalue weighted by Crippen LogP contribution is -2.36. The zero-order chi connectivity index (χ0) is 20.7. The van der Waals surface area contributed by atoms with Gasteiger partial charge in [-0.3, -0.25) is 0 Å². The Balaban J connectivity index is 1.65. The van der Waals surface area contributed by atoms with Gasteiger partial charge in [0, 0.05) is 35.7 Å². The Kier molecular flexibility index (Phi) is 5.03. The van der Waals surface area contributed by atoms with Crippen molar-refractivity contribution in [2.75, 3.05) is 18.4 Å². The zero-order valence-corrected chi connectivity index (χ0v) is 19.2. The molecule has 1 aliphatic rings. The van der Waals surface area contributed by atoms with E-state index in [4.69, 9.17) is 10.7 Å². The second kappa shape index (κ2) is 7.71. The van der Waals surface area contributed by atoms with Crippen LogP contribution in [0.4, 0.5) is 5.82 Å². The summed E-state index contributed by atoms with van der Waals surface area (Å²) in [5.74, 6) is 0.926. The molecule has 1 aliphatic carbocycles. The molecule has 0 atom stereocenters. The van der Waals surface area contributed by atoms with Crippen LogP contribution < -0.4 is 11.1 Å². The molecule has 0 spiro atoms. The van der Waals surface area contributed by atoms with Gasteiger partial charge in [0.2, 0.25) is 0 Å². The van der Waals surface area contributed by atoms with Crippen LogP contribution in [-0.2, 0) is 18.3 Å². The maximum atomic E-state index is 6.41. The molecule has 4 N–H and O–H groups in total. The molecule has 0 radical (unpaired) electrons. The van der Waals surface area contributed by atoms with E-state index in [0.29, 0.717) is 6.54 Å². The largest absolute Gasteiger partial charge is 0.369 e. The Morgan fingerprint density at radius 3 is 2.57 bits per heavy atom. The van der Waals surface area contributed by atoms with Gasteiger partial charge in [-0.05, 0) is 70.7 Å². The number of hydrogen-bond acceptors (Lipinski definition) is 3. The SMILES string of the molecule is CCNc1nc2[nH]ccc2c(-c2cccc(C3(CN)Cc4ccccc4C3)c2)c1I. The highest BCUT2D eigenvalue weighted by atomic mass is 127. The van der Waals surface area contributed by atoms with E-state index in [1.807, 2.05) is 6.20 Å². The summed E-state index contributed by atoms with van der Waals surface area (Å²) in [4.78, 5) is 8.05. The third-order valence-corrected chi connectivity index (χ3v) is 7.37. The quantitative estimate of drug-likeness (QED) is 0.322. The molecule has 0 fully saturated rings. The van der Waals surface area contributed by atoms with Gasteiger partial charge in [-0.25, -0.2) is 4.98 Å². The molecule has 2 heterocycles. The number of aromatic nitrogens is 2. The van der Waals surface area contributed by atoms with Crippen molar-refractivity contribution >= 4 is 39.4 Å². The molecule has 0 unspecified atom stereocenters. The van der Waals surface area contributed by atoms with Crippen LogP contribution in [0.3, 0.4) is 0 Å². The van der Waals surface area contributed by atoms with Crippen LogP contribution in [0.2, 0.25) is 0 Å². The molecule has 30 heavy (non-hydrogen) atoms. The number of fused-ring (bicyclic) bond motifs is 2. The normalized spacial score (nSPS) is 14.8. The van der Waals surface area contributed by atoms with Gasteiger partial charge < -0.3 is 16.0 Å². The van der Waals surface area contributed by atoms with Crippen molar-refractivity contribution in [3.05, 3.63) is 81.1 Å². The fourth-order valence-corrected chi connectivity index (χ4v) is 5.70. The van der Waals surface area contributed by atoms with Gasteiger partial charge in [0.1, 0.15) is 11.5 Å². The number of pyridine rings is 1. The second-order valence-corrected chi connectivity index (χ2v) is 9.19.